The number of H-pyrrole nitrogens is 2. The summed E-state index contributed by atoms with van der Waals surface area (Å²) in [6.45, 7) is 0.195. The molecule has 1 aromatic heterocycles. The van der Waals surface area contributed by atoms with Crippen LogP contribution in [-0.2, 0) is 4.74 Å². The number of aliphatic hydroxyl groups excluding tert-OH is 1. The molecule has 0 unspecified atom stereocenters. The van der Waals surface area contributed by atoms with Gasteiger partial charge in [-0.15, -0.1) is 11.8 Å². The number of rotatable bonds is 5. The van der Waals surface area contributed by atoms with Gasteiger partial charge in [0, 0.05) is 17.8 Å². The Balaban J connectivity index is 2.52. The highest BCUT2D eigenvalue weighted by Crippen LogP contribution is 2.37. The smallest absolute Gasteiger partial charge is 0.326 e. The Bertz CT molecular complexity index is 776. The van der Waals surface area contributed by atoms with E-state index in [-0.39, 0.29) is 12.0 Å². The summed E-state index contributed by atoms with van der Waals surface area (Å²) in [4.78, 5) is 28.6. The lowest BCUT2D eigenvalue weighted by Gasteiger charge is -2.12. The van der Waals surface area contributed by atoms with Crippen LogP contribution in [0.4, 0.5) is 0 Å². The van der Waals surface area contributed by atoms with Gasteiger partial charge >= 0.3 is 5.69 Å². The van der Waals surface area contributed by atoms with Crippen molar-refractivity contribution in [1.29, 1.82) is 0 Å². The number of aromatic amines is 2. The van der Waals surface area contributed by atoms with Gasteiger partial charge in [0.1, 0.15) is 0 Å². The molecule has 6 nitrogen and oxygen atoms in total. The lowest BCUT2D eigenvalue weighted by atomic mass is 10.2. The van der Waals surface area contributed by atoms with E-state index in [2.05, 4.69) is 25.9 Å². The average Bonchev–Trinajstić information content (AvgIpc) is 2.41. The largest absolute Gasteiger partial charge is 0.390 e. The minimum absolute atomic E-state index is 0.195. The van der Waals surface area contributed by atoms with Gasteiger partial charge in [-0.2, -0.15) is 0 Å². The number of aliphatic hydroxyl groups is 1. The van der Waals surface area contributed by atoms with E-state index in [0.29, 0.717) is 25.7 Å². The number of fused-ring (bicyclic) bond motifs is 1. The number of halogens is 2. The second-order valence-electron chi connectivity index (χ2n) is 4.25. The quantitative estimate of drug-likeness (QED) is 0.670. The number of thioether (sulfide) groups is 1. The molecule has 9 heteroatoms. The Hall–Kier alpha value is -0.800. The zero-order valence-corrected chi connectivity index (χ0v) is 14.1. The van der Waals surface area contributed by atoms with E-state index < -0.39 is 17.4 Å². The number of methoxy groups -OCH3 is 1. The molecule has 0 aliphatic carbocycles. The average molecular weight is 396 g/mol. The van der Waals surface area contributed by atoms with Gasteiger partial charge in [-0.05, 0) is 22.0 Å². The molecule has 0 spiro atoms. The monoisotopic (exact) mass is 394 g/mol. The highest BCUT2D eigenvalue weighted by Gasteiger charge is 2.16. The molecule has 0 aliphatic heterocycles. The molecule has 2 rings (SSSR count). The molecular weight excluding hydrogens is 384 g/mol. The predicted molar refractivity (Wildman–Crippen MR) is 86.5 cm³/mol. The number of nitrogens with one attached hydrogen (secondary N) is 2. The molecular formula is C12H12BrClN2O4S. The molecule has 114 valence electrons. The first-order valence-electron chi connectivity index (χ1n) is 5.88. The third-order valence-electron chi connectivity index (χ3n) is 2.67. The van der Waals surface area contributed by atoms with Gasteiger partial charge in [-0.3, -0.25) is 9.78 Å². The Morgan fingerprint density at radius 1 is 1.48 bits per heavy atom. The lowest BCUT2D eigenvalue weighted by molar-refractivity contribution is 0.0794. The van der Waals surface area contributed by atoms with Crippen LogP contribution in [0, 0.1) is 0 Å². The first-order valence-corrected chi connectivity index (χ1v) is 8.03. The summed E-state index contributed by atoms with van der Waals surface area (Å²) in [5, 5.41) is 10.4. The van der Waals surface area contributed by atoms with Crippen molar-refractivity contribution < 1.29 is 9.84 Å². The Morgan fingerprint density at radius 3 is 2.86 bits per heavy atom. The third-order valence-corrected chi connectivity index (χ3v) is 5.53. The van der Waals surface area contributed by atoms with E-state index in [4.69, 9.17) is 16.3 Å². The van der Waals surface area contributed by atoms with Gasteiger partial charge in [0.2, 0.25) is 0 Å². The SMILES string of the molecule is COC[C@@H](O)CSc1c(Br)c(Cl)cc2c(=O)[nH]c(=O)[nH]c12. The van der Waals surface area contributed by atoms with E-state index in [1.54, 1.807) is 0 Å². The summed E-state index contributed by atoms with van der Waals surface area (Å²) in [6.07, 6.45) is -0.672. The second kappa shape index (κ2) is 6.97. The molecule has 3 N–H and O–H groups in total. The molecule has 0 aliphatic rings. The number of hydrogen-bond donors (Lipinski definition) is 3. The number of ether oxygens (including phenoxy) is 1. The molecule has 0 saturated heterocycles. The fourth-order valence-corrected chi connectivity index (χ4v) is 3.69. The van der Waals surface area contributed by atoms with Crippen LogP contribution in [0.2, 0.25) is 5.02 Å². The molecule has 0 fully saturated rings. The Labute approximate surface area is 137 Å². The first-order chi connectivity index (χ1) is 9.93. The third kappa shape index (κ3) is 3.70. The summed E-state index contributed by atoms with van der Waals surface area (Å²) in [7, 11) is 1.50. The van der Waals surface area contributed by atoms with Gasteiger partial charge in [0.05, 0.1) is 33.1 Å². The standard InChI is InChI=1S/C12H12BrClN2O4S/c1-20-3-5(17)4-21-10-8(13)7(14)2-6-9(10)15-12(19)16-11(6)18/h2,5,17H,3-4H2,1H3,(H2,15,16,18,19)/t5-/m1/s1. The van der Waals surface area contributed by atoms with Gasteiger partial charge in [-0.25, -0.2) is 4.79 Å². The number of benzene rings is 1. The second-order valence-corrected chi connectivity index (χ2v) is 6.48. The van der Waals surface area contributed by atoms with Crippen molar-refractivity contribution >= 4 is 50.2 Å². The van der Waals surface area contributed by atoms with Crippen LogP contribution in [0.1, 0.15) is 0 Å². The summed E-state index contributed by atoms with van der Waals surface area (Å²) in [5.74, 6) is 0.330. The molecule has 0 amide bonds. The fraction of sp³-hybridized carbons (Fsp3) is 0.333. The zero-order valence-electron chi connectivity index (χ0n) is 10.9. The van der Waals surface area contributed by atoms with Crippen LogP contribution in [0.5, 0.6) is 0 Å². The van der Waals surface area contributed by atoms with Crippen LogP contribution in [0.25, 0.3) is 10.9 Å². The lowest BCUT2D eigenvalue weighted by Crippen LogP contribution is -2.22. The van der Waals surface area contributed by atoms with E-state index in [9.17, 15) is 14.7 Å². The molecule has 2 aromatic rings. The van der Waals surface area contributed by atoms with Gasteiger partial charge in [0.25, 0.3) is 5.56 Å². The summed E-state index contributed by atoms with van der Waals surface area (Å²) in [5.41, 5.74) is -0.724. The molecule has 1 heterocycles. The van der Waals surface area contributed by atoms with Crippen LogP contribution in [0.3, 0.4) is 0 Å². The summed E-state index contributed by atoms with van der Waals surface area (Å²) < 4.78 is 5.42. The number of aromatic nitrogens is 2. The minimum atomic E-state index is -0.672. The van der Waals surface area contributed by atoms with Crippen LogP contribution in [0.15, 0.2) is 25.0 Å². The van der Waals surface area contributed by atoms with E-state index in [0.717, 1.165) is 0 Å². The minimum Gasteiger partial charge on any atom is -0.390 e. The maximum Gasteiger partial charge on any atom is 0.326 e. The Kier molecular flexibility index (Phi) is 5.50. The van der Waals surface area contributed by atoms with E-state index in [1.165, 1.54) is 24.9 Å². The molecule has 0 bridgehead atoms. The van der Waals surface area contributed by atoms with Crippen molar-refractivity contribution in [1.82, 2.24) is 9.97 Å². The highest BCUT2D eigenvalue weighted by atomic mass is 79.9. The van der Waals surface area contributed by atoms with Crippen LogP contribution < -0.4 is 11.2 Å². The molecule has 0 radical (unpaired) electrons. The topological polar surface area (TPSA) is 95.2 Å². The Morgan fingerprint density at radius 2 is 2.19 bits per heavy atom. The van der Waals surface area contributed by atoms with Gasteiger partial charge < -0.3 is 14.8 Å². The van der Waals surface area contributed by atoms with Gasteiger partial charge in [-0.1, -0.05) is 11.6 Å². The molecule has 21 heavy (non-hydrogen) atoms. The maximum absolute atomic E-state index is 11.8. The predicted octanol–water partition coefficient (Wildman–Crippen LogP) is 1.73. The van der Waals surface area contributed by atoms with E-state index >= 15 is 0 Å². The zero-order chi connectivity index (χ0) is 15.6. The van der Waals surface area contributed by atoms with Crippen molar-refractivity contribution in [2.24, 2.45) is 0 Å². The normalized spacial score (nSPS) is 12.8. The van der Waals surface area contributed by atoms with E-state index in [1.807, 2.05) is 0 Å². The van der Waals surface area contributed by atoms with Crippen molar-refractivity contribution in [3.8, 4) is 0 Å². The highest BCUT2D eigenvalue weighted by molar-refractivity contribution is 9.10. The number of hydrogen-bond acceptors (Lipinski definition) is 5. The molecule has 1 aromatic carbocycles. The van der Waals surface area contributed by atoms with Crippen molar-refractivity contribution in [3.05, 3.63) is 36.4 Å². The molecule has 0 saturated carbocycles. The van der Waals surface area contributed by atoms with Crippen molar-refractivity contribution in [2.75, 3.05) is 19.5 Å². The van der Waals surface area contributed by atoms with Gasteiger partial charge in [0.15, 0.2) is 0 Å². The van der Waals surface area contributed by atoms with Crippen LogP contribution >= 0.6 is 39.3 Å². The maximum atomic E-state index is 11.8. The first kappa shape index (κ1) is 16.6. The fourth-order valence-electron chi connectivity index (χ4n) is 1.78. The van der Waals surface area contributed by atoms with Crippen LogP contribution in [-0.4, -0.2) is 40.6 Å². The molecule has 1 atom stereocenters. The summed E-state index contributed by atoms with van der Waals surface area (Å²) in [6, 6.07) is 1.48. The van der Waals surface area contributed by atoms with Crippen molar-refractivity contribution in [2.45, 2.75) is 11.0 Å². The summed E-state index contributed by atoms with van der Waals surface area (Å²) >= 11 is 10.7. The van der Waals surface area contributed by atoms with Crippen molar-refractivity contribution in [3.63, 3.8) is 0 Å².